The molecule has 0 fully saturated rings. The standard InChI is InChI=1S/C29H53N11O10S2/c1-12(2)8-17(26(48)39-19(11-52)22(31)44)38-28(50)21(14(4)41)40-27(49)18(9-20(42)43)37-23(45)13(3)35-25(47)16(6-5-7-34-29(32)33)36-24(46)15(30)10-51/h12-19,21,41,51-52H,5-11,30H2,1-4H3,(H2,31,44)(H,35,47)(H,36,46)(H,37,45)(H,38,50)(H,39,48)(H,40,49)(H,42,43)(H4,32,33,34)/t13-,14+,15-,16-,17-,18-,19-,21-/m0/s1. The van der Waals surface area contributed by atoms with E-state index >= 15 is 0 Å². The first-order valence-corrected chi connectivity index (χ1v) is 17.4. The number of amides is 7. The Morgan fingerprint density at radius 3 is 1.67 bits per heavy atom. The molecular formula is C29H53N11O10S2. The first-order valence-electron chi connectivity index (χ1n) is 16.2. The third kappa shape index (κ3) is 18.2. The van der Waals surface area contributed by atoms with Crippen molar-refractivity contribution in [2.45, 2.75) is 102 Å². The number of guanidine groups is 1. The van der Waals surface area contributed by atoms with E-state index in [0.717, 1.165) is 6.92 Å². The summed E-state index contributed by atoms with van der Waals surface area (Å²) >= 11 is 7.93. The average molecular weight is 780 g/mol. The Balaban J connectivity index is 5.92. The summed E-state index contributed by atoms with van der Waals surface area (Å²) in [6.07, 6.45) is -2.24. The van der Waals surface area contributed by atoms with E-state index < -0.39 is 102 Å². The fraction of sp³-hybridized carbons (Fsp3) is 0.690. The van der Waals surface area contributed by atoms with Gasteiger partial charge in [-0.25, -0.2) is 0 Å². The molecule has 23 heteroatoms. The van der Waals surface area contributed by atoms with Gasteiger partial charge in [0.05, 0.1) is 18.6 Å². The van der Waals surface area contributed by atoms with Gasteiger partial charge in [0, 0.05) is 18.1 Å². The monoisotopic (exact) mass is 779 g/mol. The molecule has 7 amide bonds. The number of hydrogen-bond donors (Lipinski definition) is 14. The van der Waals surface area contributed by atoms with Crippen LogP contribution in [0, 0.1) is 5.92 Å². The van der Waals surface area contributed by atoms with E-state index in [-0.39, 0.29) is 49.2 Å². The van der Waals surface area contributed by atoms with Crippen molar-refractivity contribution in [3.63, 3.8) is 0 Å². The highest BCUT2D eigenvalue weighted by atomic mass is 32.1. The van der Waals surface area contributed by atoms with Crippen molar-refractivity contribution in [1.82, 2.24) is 31.9 Å². The molecule has 16 N–H and O–H groups in total. The van der Waals surface area contributed by atoms with E-state index in [2.05, 4.69) is 62.2 Å². The predicted molar refractivity (Wildman–Crippen MR) is 195 cm³/mol. The van der Waals surface area contributed by atoms with E-state index in [4.69, 9.17) is 22.9 Å². The van der Waals surface area contributed by atoms with Gasteiger partial charge >= 0.3 is 5.97 Å². The van der Waals surface area contributed by atoms with E-state index in [1.165, 1.54) is 6.92 Å². The third-order valence-corrected chi connectivity index (χ3v) is 7.88. The minimum absolute atomic E-state index is 0.0232. The Hall–Kier alpha value is -4.35. The molecular weight excluding hydrogens is 727 g/mol. The molecule has 0 rings (SSSR count). The first-order chi connectivity index (χ1) is 24.1. The van der Waals surface area contributed by atoms with Crippen molar-refractivity contribution < 1.29 is 48.6 Å². The van der Waals surface area contributed by atoms with Crippen molar-refractivity contribution in [3.05, 3.63) is 0 Å². The molecule has 0 saturated heterocycles. The molecule has 0 saturated carbocycles. The lowest BCUT2D eigenvalue weighted by atomic mass is 10.0. The van der Waals surface area contributed by atoms with Gasteiger partial charge in [-0.15, -0.1) is 0 Å². The van der Waals surface area contributed by atoms with Gasteiger partial charge in [0.2, 0.25) is 41.4 Å². The van der Waals surface area contributed by atoms with E-state index in [0.29, 0.717) is 0 Å². The average Bonchev–Trinajstić information content (AvgIpc) is 3.04. The number of nitrogens with one attached hydrogen (secondary N) is 6. The highest BCUT2D eigenvalue weighted by Gasteiger charge is 2.35. The number of aliphatic imine (C=N–C) groups is 1. The molecule has 0 aromatic heterocycles. The molecule has 21 nitrogen and oxygen atoms in total. The molecule has 0 aromatic carbocycles. The summed E-state index contributed by atoms with van der Waals surface area (Å²) in [6.45, 7) is 5.98. The van der Waals surface area contributed by atoms with Crippen LogP contribution in [0.3, 0.4) is 0 Å². The number of carbonyl (C=O) groups excluding carboxylic acids is 7. The minimum Gasteiger partial charge on any atom is -0.481 e. The van der Waals surface area contributed by atoms with Crippen LogP contribution >= 0.6 is 25.3 Å². The number of hydrogen-bond acceptors (Lipinski definition) is 13. The molecule has 0 bridgehead atoms. The van der Waals surface area contributed by atoms with Crippen LogP contribution in [0.15, 0.2) is 4.99 Å². The number of carboxylic acids is 1. The number of aliphatic carboxylic acids is 1. The number of nitrogens with zero attached hydrogens (tertiary/aromatic N) is 1. The summed E-state index contributed by atoms with van der Waals surface area (Å²) in [7, 11) is 0. The van der Waals surface area contributed by atoms with Crippen LogP contribution in [-0.2, 0) is 38.4 Å². The molecule has 8 atom stereocenters. The maximum atomic E-state index is 13.3. The zero-order valence-electron chi connectivity index (χ0n) is 29.5. The molecule has 0 radical (unpaired) electrons. The molecule has 0 aliphatic rings. The van der Waals surface area contributed by atoms with Gasteiger partial charge < -0.3 is 65.0 Å². The van der Waals surface area contributed by atoms with Crippen LogP contribution in [0.5, 0.6) is 0 Å². The number of nitrogens with two attached hydrogens (primary N) is 4. The normalized spacial score (nSPS) is 15.6. The number of carbonyl (C=O) groups is 8. The van der Waals surface area contributed by atoms with E-state index in [1.807, 2.05) is 0 Å². The lowest BCUT2D eigenvalue weighted by molar-refractivity contribution is -0.142. The number of aliphatic hydroxyl groups excluding tert-OH is 1. The van der Waals surface area contributed by atoms with Crippen molar-refractivity contribution in [2.24, 2.45) is 33.8 Å². The number of aliphatic hydroxyl groups is 1. The van der Waals surface area contributed by atoms with Crippen LogP contribution in [0.25, 0.3) is 0 Å². The van der Waals surface area contributed by atoms with Crippen molar-refractivity contribution >= 4 is 78.5 Å². The number of primary amides is 1. The molecule has 0 aliphatic carbocycles. The lowest BCUT2D eigenvalue weighted by Gasteiger charge is -2.28. The van der Waals surface area contributed by atoms with E-state index in [1.54, 1.807) is 13.8 Å². The molecule has 0 spiro atoms. The Kier molecular flexibility index (Phi) is 22.0. The summed E-state index contributed by atoms with van der Waals surface area (Å²) in [6, 6.07) is -9.61. The summed E-state index contributed by atoms with van der Waals surface area (Å²) in [5, 5.41) is 33.8. The topological polar surface area (TPSA) is 366 Å². The Morgan fingerprint density at radius 1 is 0.673 bits per heavy atom. The maximum absolute atomic E-state index is 13.3. The fourth-order valence-corrected chi connectivity index (χ4v) is 4.73. The third-order valence-electron chi connectivity index (χ3n) is 7.12. The van der Waals surface area contributed by atoms with Gasteiger partial charge in [-0.2, -0.15) is 25.3 Å². The predicted octanol–water partition coefficient (Wildman–Crippen LogP) is -5.46. The van der Waals surface area contributed by atoms with Crippen molar-refractivity contribution in [2.75, 3.05) is 18.1 Å². The van der Waals surface area contributed by atoms with Crippen molar-refractivity contribution in [1.29, 1.82) is 0 Å². The second-order valence-corrected chi connectivity index (χ2v) is 13.0. The zero-order chi connectivity index (χ0) is 40.3. The van der Waals surface area contributed by atoms with Gasteiger partial charge in [0.1, 0.15) is 36.3 Å². The smallest absolute Gasteiger partial charge is 0.305 e. The number of carboxylic acid groups (broad SMARTS) is 1. The summed E-state index contributed by atoms with van der Waals surface area (Å²) in [5.41, 5.74) is 21.6. The Labute approximate surface area is 312 Å². The number of thiol groups is 2. The SMILES string of the molecule is CC(C)C[C@H](NC(=O)[C@@H](NC(=O)[C@H](CC(=O)O)NC(=O)[C@H](C)NC(=O)[C@H](CCCN=C(N)N)NC(=O)[C@@H](N)CS)[C@@H](C)O)C(=O)N[C@@H](CS)C(N)=O. The van der Waals surface area contributed by atoms with Crippen LogP contribution in [0.4, 0.5) is 0 Å². The van der Waals surface area contributed by atoms with Gasteiger partial charge in [-0.3, -0.25) is 43.3 Å². The first kappa shape index (κ1) is 47.7. The van der Waals surface area contributed by atoms with Gasteiger partial charge in [0.15, 0.2) is 5.96 Å². The second kappa shape index (κ2) is 24.0. The summed E-state index contributed by atoms with van der Waals surface area (Å²) in [4.78, 5) is 105. The maximum Gasteiger partial charge on any atom is 0.305 e. The summed E-state index contributed by atoms with van der Waals surface area (Å²) in [5.74, 6) is -8.47. The van der Waals surface area contributed by atoms with Gasteiger partial charge in [0.25, 0.3) is 0 Å². The quantitative estimate of drug-likeness (QED) is 0.0188. The van der Waals surface area contributed by atoms with Crippen LogP contribution in [0.1, 0.15) is 53.4 Å². The lowest BCUT2D eigenvalue weighted by Crippen LogP contribution is -2.61. The summed E-state index contributed by atoms with van der Waals surface area (Å²) < 4.78 is 0. The van der Waals surface area contributed by atoms with Crippen molar-refractivity contribution in [3.8, 4) is 0 Å². The largest absolute Gasteiger partial charge is 0.481 e. The Morgan fingerprint density at radius 2 is 1.19 bits per heavy atom. The van der Waals surface area contributed by atoms with Crippen LogP contribution < -0.4 is 54.8 Å². The molecule has 52 heavy (non-hydrogen) atoms. The van der Waals surface area contributed by atoms with Crippen LogP contribution in [0.2, 0.25) is 0 Å². The molecule has 0 aliphatic heterocycles. The minimum atomic E-state index is -1.82. The zero-order valence-corrected chi connectivity index (χ0v) is 31.2. The molecule has 0 aromatic rings. The highest BCUT2D eigenvalue weighted by molar-refractivity contribution is 7.80. The number of rotatable bonds is 24. The molecule has 0 unspecified atom stereocenters. The Bertz CT molecular complexity index is 1300. The second-order valence-electron chi connectivity index (χ2n) is 12.3. The fourth-order valence-electron chi connectivity index (χ4n) is 4.30. The molecule has 0 heterocycles. The highest BCUT2D eigenvalue weighted by Crippen LogP contribution is 2.08. The van der Waals surface area contributed by atoms with Gasteiger partial charge in [-0.05, 0) is 39.0 Å². The van der Waals surface area contributed by atoms with Crippen LogP contribution in [-0.4, -0.2) is 130 Å². The van der Waals surface area contributed by atoms with E-state index in [9.17, 15) is 48.6 Å². The van der Waals surface area contributed by atoms with Gasteiger partial charge in [-0.1, -0.05) is 13.8 Å². The molecule has 296 valence electrons.